The van der Waals surface area contributed by atoms with Crippen LogP contribution < -0.4 is 11.5 Å². The second-order valence-electron chi connectivity index (χ2n) is 5.79. The molecule has 0 bridgehead atoms. The fourth-order valence-corrected chi connectivity index (χ4v) is 2.99. The molecule has 2 aliphatic rings. The number of hydrogen-bond acceptors (Lipinski definition) is 3. The van der Waals surface area contributed by atoms with Gasteiger partial charge in [-0.15, -0.1) is 0 Å². The van der Waals surface area contributed by atoms with E-state index in [-0.39, 0.29) is 12.1 Å². The summed E-state index contributed by atoms with van der Waals surface area (Å²) in [6.45, 7) is 2.33. The maximum atomic E-state index is 6.16. The van der Waals surface area contributed by atoms with Crippen molar-refractivity contribution in [3.8, 4) is 0 Å². The van der Waals surface area contributed by atoms with E-state index in [4.69, 9.17) is 16.2 Å². The van der Waals surface area contributed by atoms with E-state index < -0.39 is 0 Å². The van der Waals surface area contributed by atoms with Gasteiger partial charge in [0.05, 0.1) is 12.2 Å². The monoisotopic (exact) mass is 226 g/mol. The SMILES string of the molecule is CC1CCC(OC2CCC(N)CC2N)CC1. The minimum absolute atomic E-state index is 0.156. The van der Waals surface area contributed by atoms with Crippen molar-refractivity contribution in [3.05, 3.63) is 0 Å². The molecule has 2 aliphatic carbocycles. The van der Waals surface area contributed by atoms with Gasteiger partial charge >= 0.3 is 0 Å². The van der Waals surface area contributed by atoms with E-state index in [0.717, 1.165) is 25.2 Å². The summed E-state index contributed by atoms with van der Waals surface area (Å²) in [5.74, 6) is 0.883. The topological polar surface area (TPSA) is 61.3 Å². The van der Waals surface area contributed by atoms with Crippen LogP contribution in [-0.2, 0) is 4.74 Å². The van der Waals surface area contributed by atoms with Crippen molar-refractivity contribution in [2.75, 3.05) is 0 Å². The van der Waals surface area contributed by atoms with Crippen LogP contribution in [0, 0.1) is 5.92 Å². The number of rotatable bonds is 2. The van der Waals surface area contributed by atoms with Gasteiger partial charge in [0.1, 0.15) is 0 Å². The lowest BCUT2D eigenvalue weighted by atomic mass is 9.87. The molecule has 16 heavy (non-hydrogen) atoms. The van der Waals surface area contributed by atoms with Gasteiger partial charge < -0.3 is 16.2 Å². The largest absolute Gasteiger partial charge is 0.373 e. The summed E-state index contributed by atoms with van der Waals surface area (Å²) < 4.78 is 6.16. The summed E-state index contributed by atoms with van der Waals surface area (Å²) in [6, 6.07) is 0.448. The van der Waals surface area contributed by atoms with Crippen LogP contribution in [0.5, 0.6) is 0 Å². The normalized spacial score (nSPS) is 45.6. The Kier molecular flexibility index (Phi) is 4.22. The minimum atomic E-state index is 0.156. The van der Waals surface area contributed by atoms with E-state index in [2.05, 4.69) is 6.92 Å². The van der Waals surface area contributed by atoms with Gasteiger partial charge in [0.2, 0.25) is 0 Å². The van der Waals surface area contributed by atoms with Crippen molar-refractivity contribution in [1.29, 1.82) is 0 Å². The van der Waals surface area contributed by atoms with Gasteiger partial charge in [0, 0.05) is 12.1 Å². The van der Waals surface area contributed by atoms with Crippen molar-refractivity contribution in [2.45, 2.75) is 76.2 Å². The highest BCUT2D eigenvalue weighted by molar-refractivity contribution is 4.86. The molecular formula is C13H26N2O. The van der Waals surface area contributed by atoms with Crippen molar-refractivity contribution in [1.82, 2.24) is 0 Å². The molecule has 0 amide bonds. The fraction of sp³-hybridized carbons (Fsp3) is 1.00. The maximum absolute atomic E-state index is 6.16. The van der Waals surface area contributed by atoms with Crippen LogP contribution >= 0.6 is 0 Å². The Labute approximate surface area is 98.9 Å². The first-order chi connectivity index (χ1) is 7.65. The number of nitrogens with two attached hydrogens (primary N) is 2. The van der Waals surface area contributed by atoms with E-state index in [1.165, 1.54) is 25.7 Å². The molecule has 3 nitrogen and oxygen atoms in total. The molecule has 0 heterocycles. The van der Waals surface area contributed by atoms with Crippen molar-refractivity contribution in [3.63, 3.8) is 0 Å². The predicted molar refractivity (Wildman–Crippen MR) is 66.1 cm³/mol. The molecule has 3 atom stereocenters. The lowest BCUT2D eigenvalue weighted by Gasteiger charge is -2.36. The molecule has 0 aromatic carbocycles. The van der Waals surface area contributed by atoms with Gasteiger partial charge in [-0.2, -0.15) is 0 Å². The molecule has 0 saturated heterocycles. The maximum Gasteiger partial charge on any atom is 0.0730 e. The summed E-state index contributed by atoms with van der Waals surface area (Å²) >= 11 is 0. The number of hydrogen-bond donors (Lipinski definition) is 2. The lowest BCUT2D eigenvalue weighted by Crippen LogP contribution is -2.47. The van der Waals surface area contributed by atoms with E-state index >= 15 is 0 Å². The Hall–Kier alpha value is -0.120. The zero-order valence-electron chi connectivity index (χ0n) is 10.4. The summed E-state index contributed by atoms with van der Waals surface area (Å²) in [5.41, 5.74) is 12.0. The van der Waals surface area contributed by atoms with E-state index in [1.807, 2.05) is 0 Å². The highest BCUT2D eigenvalue weighted by Gasteiger charge is 2.30. The van der Waals surface area contributed by atoms with Crippen LogP contribution in [-0.4, -0.2) is 24.3 Å². The first-order valence-electron chi connectivity index (χ1n) is 6.81. The standard InChI is InChI=1S/C13H26N2O/c1-9-2-5-11(6-3-9)16-13-7-4-10(14)8-12(13)15/h9-13H,2-8,14-15H2,1H3. The summed E-state index contributed by atoms with van der Waals surface area (Å²) in [7, 11) is 0. The van der Waals surface area contributed by atoms with Gasteiger partial charge in [-0.3, -0.25) is 0 Å². The molecule has 2 saturated carbocycles. The first-order valence-corrected chi connectivity index (χ1v) is 6.81. The van der Waals surface area contributed by atoms with Gasteiger partial charge in [-0.1, -0.05) is 6.92 Å². The molecule has 0 radical (unpaired) electrons. The Morgan fingerprint density at radius 1 is 0.938 bits per heavy atom. The smallest absolute Gasteiger partial charge is 0.0730 e. The van der Waals surface area contributed by atoms with Crippen molar-refractivity contribution < 1.29 is 4.74 Å². The van der Waals surface area contributed by atoms with Crippen LogP contribution in [0.3, 0.4) is 0 Å². The molecule has 2 rings (SSSR count). The molecule has 0 aliphatic heterocycles. The van der Waals surface area contributed by atoms with Crippen molar-refractivity contribution >= 4 is 0 Å². The molecule has 3 heteroatoms. The Bertz CT molecular complexity index is 214. The summed E-state index contributed by atoms with van der Waals surface area (Å²) in [5, 5.41) is 0. The zero-order chi connectivity index (χ0) is 11.5. The molecule has 0 aromatic rings. The lowest BCUT2D eigenvalue weighted by molar-refractivity contribution is -0.0602. The fourth-order valence-electron chi connectivity index (χ4n) is 2.99. The van der Waals surface area contributed by atoms with Crippen molar-refractivity contribution in [2.24, 2.45) is 17.4 Å². The van der Waals surface area contributed by atoms with Crippen LogP contribution in [0.1, 0.15) is 51.9 Å². The molecule has 0 aromatic heterocycles. The summed E-state index contributed by atoms with van der Waals surface area (Å²) in [4.78, 5) is 0. The van der Waals surface area contributed by atoms with Crippen LogP contribution in [0.15, 0.2) is 0 Å². The molecule has 0 spiro atoms. The van der Waals surface area contributed by atoms with Crippen LogP contribution in [0.4, 0.5) is 0 Å². The van der Waals surface area contributed by atoms with E-state index in [9.17, 15) is 0 Å². The first kappa shape index (κ1) is 12.3. The van der Waals surface area contributed by atoms with Gasteiger partial charge in [-0.25, -0.2) is 0 Å². The third kappa shape index (κ3) is 3.19. The van der Waals surface area contributed by atoms with Gasteiger partial charge in [-0.05, 0) is 50.9 Å². The minimum Gasteiger partial charge on any atom is -0.373 e. The molecule has 4 N–H and O–H groups in total. The second kappa shape index (κ2) is 5.48. The molecular weight excluding hydrogens is 200 g/mol. The van der Waals surface area contributed by atoms with Crippen LogP contribution in [0.25, 0.3) is 0 Å². The average Bonchev–Trinajstić information content (AvgIpc) is 2.25. The Balaban J connectivity index is 1.76. The molecule has 2 fully saturated rings. The predicted octanol–water partition coefficient (Wildman–Crippen LogP) is 1.79. The third-order valence-electron chi connectivity index (χ3n) is 4.20. The quantitative estimate of drug-likeness (QED) is 0.754. The Morgan fingerprint density at radius 3 is 2.25 bits per heavy atom. The van der Waals surface area contributed by atoms with Gasteiger partial charge in [0.25, 0.3) is 0 Å². The average molecular weight is 226 g/mol. The molecule has 3 unspecified atom stereocenters. The van der Waals surface area contributed by atoms with Gasteiger partial charge in [0.15, 0.2) is 0 Å². The van der Waals surface area contributed by atoms with E-state index in [1.54, 1.807) is 0 Å². The Morgan fingerprint density at radius 2 is 1.62 bits per heavy atom. The third-order valence-corrected chi connectivity index (χ3v) is 4.20. The highest BCUT2D eigenvalue weighted by Crippen LogP contribution is 2.29. The van der Waals surface area contributed by atoms with Crippen LogP contribution in [0.2, 0.25) is 0 Å². The highest BCUT2D eigenvalue weighted by atomic mass is 16.5. The van der Waals surface area contributed by atoms with E-state index in [0.29, 0.717) is 12.1 Å². The number of ether oxygens (including phenoxy) is 1. The zero-order valence-corrected chi connectivity index (χ0v) is 10.4. The molecule has 94 valence electrons. The second-order valence-corrected chi connectivity index (χ2v) is 5.79. The summed E-state index contributed by atoms with van der Waals surface area (Å²) in [6.07, 6.45) is 8.83.